The zero-order chi connectivity index (χ0) is 11.4. The summed E-state index contributed by atoms with van der Waals surface area (Å²) in [6.45, 7) is 0. The fourth-order valence-electron chi connectivity index (χ4n) is 1.16. The van der Waals surface area contributed by atoms with Crippen molar-refractivity contribution in [3.8, 4) is 11.8 Å². The van der Waals surface area contributed by atoms with Crippen LogP contribution in [0, 0.1) is 11.3 Å². The minimum atomic E-state index is -0.736. The predicted molar refractivity (Wildman–Crippen MR) is 51.6 cm³/mol. The monoisotopic (exact) mass is 204 g/mol. The Kier molecular flexibility index (Phi) is 3.03. The maximum atomic E-state index is 11.0. The first-order valence-corrected chi connectivity index (χ1v) is 4.01. The molecule has 1 aromatic carbocycles. The van der Waals surface area contributed by atoms with Crippen molar-refractivity contribution in [1.82, 2.24) is 0 Å². The van der Waals surface area contributed by atoms with Crippen LogP contribution in [0.2, 0.25) is 0 Å². The topological polar surface area (TPSA) is 93.2 Å². The second kappa shape index (κ2) is 4.24. The van der Waals surface area contributed by atoms with Crippen molar-refractivity contribution in [3.05, 3.63) is 28.8 Å². The number of benzene rings is 1. The number of nitrogens with two attached hydrogens (primary N) is 1. The van der Waals surface area contributed by atoms with Gasteiger partial charge in [0.15, 0.2) is 6.29 Å². The maximum absolute atomic E-state index is 11.0. The molecule has 15 heavy (non-hydrogen) atoms. The molecule has 0 heterocycles. The van der Waals surface area contributed by atoms with Crippen molar-refractivity contribution in [2.75, 3.05) is 7.11 Å². The Labute approximate surface area is 86.1 Å². The smallest absolute Gasteiger partial charge is 0.249 e. The molecular formula is C10H8N2O3. The van der Waals surface area contributed by atoms with E-state index in [1.165, 1.54) is 19.2 Å². The van der Waals surface area contributed by atoms with Crippen LogP contribution in [0.1, 0.15) is 26.3 Å². The van der Waals surface area contributed by atoms with Crippen molar-refractivity contribution in [1.29, 1.82) is 5.26 Å². The van der Waals surface area contributed by atoms with Crippen LogP contribution in [-0.4, -0.2) is 19.3 Å². The van der Waals surface area contributed by atoms with E-state index in [1.807, 2.05) is 6.07 Å². The first-order chi connectivity index (χ1) is 7.13. The summed E-state index contributed by atoms with van der Waals surface area (Å²) in [6, 6.07) is 4.40. The number of nitriles is 1. The van der Waals surface area contributed by atoms with E-state index in [9.17, 15) is 9.59 Å². The van der Waals surface area contributed by atoms with E-state index >= 15 is 0 Å². The van der Waals surface area contributed by atoms with Gasteiger partial charge in [0.05, 0.1) is 18.2 Å². The quantitative estimate of drug-likeness (QED) is 0.724. The maximum Gasteiger partial charge on any atom is 0.249 e. The molecule has 0 unspecified atom stereocenters. The summed E-state index contributed by atoms with van der Waals surface area (Å²) in [5.41, 5.74) is 5.38. The highest BCUT2D eigenvalue weighted by atomic mass is 16.5. The summed E-state index contributed by atoms with van der Waals surface area (Å²) in [6.07, 6.45) is 0.473. The van der Waals surface area contributed by atoms with Crippen molar-refractivity contribution >= 4 is 12.2 Å². The number of ether oxygens (including phenoxy) is 1. The average molecular weight is 204 g/mol. The number of nitrogens with zero attached hydrogens (tertiary/aromatic N) is 1. The highest BCUT2D eigenvalue weighted by molar-refractivity contribution is 6.01. The molecule has 0 spiro atoms. The number of hydrogen-bond donors (Lipinski definition) is 1. The Morgan fingerprint density at radius 2 is 2.27 bits per heavy atom. The lowest BCUT2D eigenvalue weighted by molar-refractivity contribution is 0.0992. The van der Waals surface area contributed by atoms with Crippen LogP contribution in [0.15, 0.2) is 12.1 Å². The molecule has 0 saturated heterocycles. The molecular weight excluding hydrogens is 196 g/mol. The number of aldehydes is 1. The first kappa shape index (κ1) is 10.7. The van der Waals surface area contributed by atoms with Crippen molar-refractivity contribution in [2.45, 2.75) is 0 Å². The molecule has 5 heteroatoms. The molecule has 76 valence electrons. The largest absolute Gasteiger partial charge is 0.495 e. The van der Waals surface area contributed by atoms with Crippen LogP contribution in [0.5, 0.6) is 5.75 Å². The molecule has 1 amide bonds. The van der Waals surface area contributed by atoms with E-state index in [0.29, 0.717) is 6.29 Å². The van der Waals surface area contributed by atoms with Gasteiger partial charge >= 0.3 is 0 Å². The van der Waals surface area contributed by atoms with Crippen LogP contribution in [0.3, 0.4) is 0 Å². The standard InChI is InChI=1S/C10H8N2O3/c1-15-9-3-8(10(12)14)7(5-13)2-6(9)4-11/h2-3,5H,1H3,(H2,12,14). The van der Waals surface area contributed by atoms with Gasteiger partial charge in [-0.3, -0.25) is 9.59 Å². The van der Waals surface area contributed by atoms with Crippen molar-refractivity contribution in [2.24, 2.45) is 5.73 Å². The molecule has 2 N–H and O–H groups in total. The predicted octanol–water partition coefficient (Wildman–Crippen LogP) is 0.478. The normalized spacial score (nSPS) is 9.07. The number of carbonyl (C=O) groups excluding carboxylic acids is 2. The molecule has 0 bridgehead atoms. The molecule has 0 aliphatic carbocycles. The van der Waals surface area contributed by atoms with E-state index in [2.05, 4.69) is 0 Å². The number of amides is 1. The molecule has 5 nitrogen and oxygen atoms in total. The van der Waals surface area contributed by atoms with Gasteiger partial charge < -0.3 is 10.5 Å². The van der Waals surface area contributed by atoms with Crippen molar-refractivity contribution in [3.63, 3.8) is 0 Å². The van der Waals surface area contributed by atoms with E-state index in [1.54, 1.807) is 0 Å². The SMILES string of the molecule is COc1cc(C(N)=O)c(C=O)cc1C#N. The third kappa shape index (κ3) is 1.94. The zero-order valence-electron chi connectivity index (χ0n) is 7.98. The van der Waals surface area contributed by atoms with Gasteiger partial charge in [-0.1, -0.05) is 0 Å². The Morgan fingerprint density at radius 1 is 1.60 bits per heavy atom. The van der Waals surface area contributed by atoms with Crippen molar-refractivity contribution < 1.29 is 14.3 Å². The van der Waals surface area contributed by atoms with Gasteiger partial charge in [-0.15, -0.1) is 0 Å². The molecule has 0 aliphatic heterocycles. The van der Waals surface area contributed by atoms with Gasteiger partial charge in [0.1, 0.15) is 11.8 Å². The number of methoxy groups -OCH3 is 1. The number of rotatable bonds is 3. The lowest BCUT2D eigenvalue weighted by Gasteiger charge is -2.06. The summed E-state index contributed by atoms with van der Waals surface area (Å²) < 4.78 is 4.88. The summed E-state index contributed by atoms with van der Waals surface area (Å²) in [5, 5.41) is 8.74. The van der Waals surface area contributed by atoms with E-state index in [4.69, 9.17) is 15.7 Å². The fourth-order valence-corrected chi connectivity index (χ4v) is 1.16. The van der Waals surface area contributed by atoms with Gasteiger partial charge in [-0.05, 0) is 12.1 Å². The third-order valence-corrected chi connectivity index (χ3v) is 1.88. The number of primary amides is 1. The molecule has 1 aromatic rings. The third-order valence-electron chi connectivity index (χ3n) is 1.88. The molecule has 0 aliphatic rings. The van der Waals surface area contributed by atoms with Crippen LogP contribution in [-0.2, 0) is 0 Å². The Morgan fingerprint density at radius 3 is 2.67 bits per heavy atom. The minimum Gasteiger partial charge on any atom is -0.495 e. The van der Waals surface area contributed by atoms with Gasteiger partial charge in [0, 0.05) is 5.56 Å². The summed E-state index contributed by atoms with van der Waals surface area (Å²) in [5.74, 6) is -0.517. The zero-order valence-corrected chi connectivity index (χ0v) is 7.98. The van der Waals surface area contributed by atoms with Crippen LogP contribution >= 0.6 is 0 Å². The first-order valence-electron chi connectivity index (χ1n) is 4.01. The highest BCUT2D eigenvalue weighted by Crippen LogP contribution is 2.21. The van der Waals surface area contributed by atoms with Crippen LogP contribution in [0.4, 0.5) is 0 Å². The highest BCUT2D eigenvalue weighted by Gasteiger charge is 2.13. The van der Waals surface area contributed by atoms with Gasteiger partial charge in [-0.25, -0.2) is 0 Å². The van der Waals surface area contributed by atoms with Gasteiger partial charge in [-0.2, -0.15) is 5.26 Å². The minimum absolute atomic E-state index is 0.0425. The molecule has 0 atom stereocenters. The number of hydrogen-bond acceptors (Lipinski definition) is 4. The van der Waals surface area contributed by atoms with Crippen LogP contribution < -0.4 is 10.5 Å². The summed E-state index contributed by atoms with van der Waals surface area (Å²) in [7, 11) is 1.36. The lowest BCUT2D eigenvalue weighted by Crippen LogP contribution is -2.14. The Bertz CT molecular complexity index is 460. The summed E-state index contributed by atoms with van der Waals surface area (Å²) in [4.78, 5) is 21.6. The Balaban J connectivity index is 3.49. The lowest BCUT2D eigenvalue weighted by atomic mass is 10.0. The Hall–Kier alpha value is -2.35. The van der Waals surface area contributed by atoms with Crippen LogP contribution in [0.25, 0.3) is 0 Å². The van der Waals surface area contributed by atoms with E-state index in [0.717, 1.165) is 0 Å². The number of carbonyl (C=O) groups is 2. The fraction of sp³-hybridized carbons (Fsp3) is 0.100. The molecule has 0 aromatic heterocycles. The van der Waals surface area contributed by atoms with Gasteiger partial charge in [0.2, 0.25) is 5.91 Å². The second-order valence-electron chi connectivity index (χ2n) is 2.73. The summed E-state index contributed by atoms with van der Waals surface area (Å²) >= 11 is 0. The molecule has 0 saturated carbocycles. The second-order valence-corrected chi connectivity index (χ2v) is 2.73. The molecule has 1 rings (SSSR count). The molecule has 0 fully saturated rings. The average Bonchev–Trinajstić information content (AvgIpc) is 2.26. The molecule has 0 radical (unpaired) electrons. The van der Waals surface area contributed by atoms with Gasteiger partial charge in [0.25, 0.3) is 0 Å². The van der Waals surface area contributed by atoms with E-state index in [-0.39, 0.29) is 22.4 Å². The van der Waals surface area contributed by atoms with E-state index < -0.39 is 5.91 Å².